The van der Waals surface area contributed by atoms with Gasteiger partial charge in [-0.25, -0.2) is 4.79 Å². The van der Waals surface area contributed by atoms with Crippen LogP contribution in [0.2, 0.25) is 0 Å². The summed E-state index contributed by atoms with van der Waals surface area (Å²) in [6.07, 6.45) is 5.04. The van der Waals surface area contributed by atoms with Crippen molar-refractivity contribution in [1.29, 1.82) is 0 Å². The Morgan fingerprint density at radius 1 is 1.70 bits per heavy atom. The van der Waals surface area contributed by atoms with E-state index < -0.39 is 0 Å². The van der Waals surface area contributed by atoms with Crippen molar-refractivity contribution in [3.63, 3.8) is 0 Å². The van der Waals surface area contributed by atoms with Crippen LogP contribution in [0.1, 0.15) is 6.92 Å². The van der Waals surface area contributed by atoms with E-state index in [9.17, 15) is 4.79 Å². The van der Waals surface area contributed by atoms with Crippen molar-refractivity contribution in [2.24, 2.45) is 0 Å². The highest BCUT2D eigenvalue weighted by Crippen LogP contribution is 1.81. The lowest BCUT2D eigenvalue weighted by Crippen LogP contribution is -2.39. The van der Waals surface area contributed by atoms with Gasteiger partial charge >= 0.3 is 6.03 Å². The average molecular weight is 140 g/mol. The van der Waals surface area contributed by atoms with Gasteiger partial charge in [0, 0.05) is 14.1 Å². The van der Waals surface area contributed by atoms with E-state index in [0.29, 0.717) is 0 Å². The molecule has 0 radical (unpaired) electrons. The van der Waals surface area contributed by atoms with Gasteiger partial charge in [0.2, 0.25) is 0 Å². The lowest BCUT2D eigenvalue weighted by Gasteiger charge is -2.13. The molecule has 0 bridgehead atoms. The topological polar surface area (TPSA) is 32.3 Å². The highest BCUT2D eigenvalue weighted by atomic mass is 16.2. The molecule has 0 aromatic rings. The zero-order valence-electron chi connectivity index (χ0n) is 6.51. The zero-order chi connectivity index (χ0) is 8.15. The van der Waals surface area contributed by atoms with Crippen molar-refractivity contribution in [2.75, 3.05) is 14.1 Å². The minimum atomic E-state index is -0.199. The number of rotatable bonds is 1. The lowest BCUT2D eigenvalue weighted by molar-refractivity contribution is 0.216. The van der Waals surface area contributed by atoms with Gasteiger partial charge in [-0.15, -0.1) is 6.42 Å². The van der Waals surface area contributed by atoms with Crippen molar-refractivity contribution >= 4 is 6.03 Å². The maximum absolute atomic E-state index is 10.8. The largest absolute Gasteiger partial charge is 0.331 e. The summed E-state index contributed by atoms with van der Waals surface area (Å²) in [4.78, 5) is 12.3. The van der Waals surface area contributed by atoms with E-state index in [0.717, 1.165) is 0 Å². The van der Waals surface area contributed by atoms with E-state index >= 15 is 0 Å². The molecular weight excluding hydrogens is 128 g/mol. The molecule has 0 aliphatic heterocycles. The van der Waals surface area contributed by atoms with Crippen molar-refractivity contribution in [1.82, 2.24) is 10.2 Å². The van der Waals surface area contributed by atoms with Gasteiger partial charge in [0.1, 0.15) is 0 Å². The zero-order valence-corrected chi connectivity index (χ0v) is 6.51. The highest BCUT2D eigenvalue weighted by Gasteiger charge is 2.04. The van der Waals surface area contributed by atoms with Gasteiger partial charge in [-0.3, -0.25) is 0 Å². The van der Waals surface area contributed by atoms with Crippen LogP contribution in [0, 0.1) is 12.3 Å². The van der Waals surface area contributed by atoms with E-state index in [4.69, 9.17) is 6.42 Å². The molecule has 3 heteroatoms. The Bertz CT molecular complexity index is 157. The molecule has 0 spiro atoms. The number of carbonyl (C=O) groups excluding carboxylic acids is 1. The summed E-state index contributed by atoms with van der Waals surface area (Å²) < 4.78 is 0. The summed E-state index contributed by atoms with van der Waals surface area (Å²) in [6.45, 7) is 1.75. The Morgan fingerprint density at radius 2 is 2.20 bits per heavy atom. The van der Waals surface area contributed by atoms with Crippen LogP contribution in [0.5, 0.6) is 0 Å². The van der Waals surface area contributed by atoms with Crippen LogP contribution in [0.3, 0.4) is 0 Å². The molecule has 0 heterocycles. The third kappa shape index (κ3) is 2.98. The van der Waals surface area contributed by atoms with Gasteiger partial charge in [0.05, 0.1) is 6.04 Å². The first kappa shape index (κ1) is 8.83. The quantitative estimate of drug-likeness (QED) is 0.521. The van der Waals surface area contributed by atoms with Crippen LogP contribution >= 0.6 is 0 Å². The number of amides is 2. The Balaban J connectivity index is 3.71. The molecular formula is C7H12N2O. The third-order valence-corrected chi connectivity index (χ3v) is 0.996. The number of nitrogens with zero attached hydrogens (tertiary/aromatic N) is 1. The molecule has 3 nitrogen and oxygen atoms in total. The molecule has 10 heavy (non-hydrogen) atoms. The Hall–Kier alpha value is -1.17. The summed E-state index contributed by atoms with van der Waals surface area (Å²) in [5, 5.41) is 2.58. The highest BCUT2D eigenvalue weighted by molar-refractivity contribution is 5.74. The second kappa shape index (κ2) is 3.78. The fourth-order valence-electron chi connectivity index (χ4n) is 0.356. The first-order valence-corrected chi connectivity index (χ1v) is 3.02. The Labute approximate surface area is 61.4 Å². The van der Waals surface area contributed by atoms with E-state index in [1.165, 1.54) is 4.90 Å². The number of carbonyl (C=O) groups is 1. The number of hydrogen-bond donors (Lipinski definition) is 1. The maximum atomic E-state index is 10.8. The first-order chi connectivity index (χ1) is 4.57. The predicted molar refractivity (Wildman–Crippen MR) is 40.5 cm³/mol. The average Bonchev–Trinajstić information content (AvgIpc) is 1.87. The van der Waals surface area contributed by atoms with Gasteiger partial charge in [0.15, 0.2) is 0 Å². The molecule has 0 fully saturated rings. The smallest absolute Gasteiger partial charge is 0.317 e. The summed E-state index contributed by atoms with van der Waals surface area (Å²) in [5.74, 6) is 2.39. The van der Waals surface area contributed by atoms with Gasteiger partial charge in [0.25, 0.3) is 0 Å². The van der Waals surface area contributed by atoms with E-state index in [2.05, 4.69) is 11.2 Å². The molecule has 0 saturated carbocycles. The van der Waals surface area contributed by atoms with E-state index in [1.54, 1.807) is 21.0 Å². The number of terminal acetylenes is 1. The molecule has 2 amide bonds. The SMILES string of the molecule is C#CC(C)NC(=O)N(C)C. The molecule has 0 aliphatic carbocycles. The maximum Gasteiger partial charge on any atom is 0.317 e. The first-order valence-electron chi connectivity index (χ1n) is 3.02. The van der Waals surface area contributed by atoms with E-state index in [1.807, 2.05) is 0 Å². The van der Waals surface area contributed by atoms with Gasteiger partial charge in [-0.05, 0) is 6.92 Å². The summed E-state index contributed by atoms with van der Waals surface area (Å²) in [7, 11) is 3.33. The fraction of sp³-hybridized carbons (Fsp3) is 0.571. The number of urea groups is 1. The minimum Gasteiger partial charge on any atom is -0.331 e. The van der Waals surface area contributed by atoms with Crippen molar-refractivity contribution < 1.29 is 4.79 Å². The van der Waals surface area contributed by atoms with Gasteiger partial charge in [-0.1, -0.05) is 5.92 Å². The molecule has 0 rings (SSSR count). The second-order valence-corrected chi connectivity index (χ2v) is 2.23. The Kier molecular flexibility index (Phi) is 3.34. The van der Waals surface area contributed by atoms with Crippen molar-refractivity contribution in [3.05, 3.63) is 0 Å². The monoisotopic (exact) mass is 140 g/mol. The van der Waals surface area contributed by atoms with Crippen LogP contribution in [-0.4, -0.2) is 31.1 Å². The molecule has 1 atom stereocenters. The fourth-order valence-corrected chi connectivity index (χ4v) is 0.356. The number of nitrogens with one attached hydrogen (secondary N) is 1. The third-order valence-electron chi connectivity index (χ3n) is 0.996. The summed E-state index contributed by atoms with van der Waals surface area (Å²) >= 11 is 0. The normalized spacial score (nSPS) is 11.4. The predicted octanol–water partition coefficient (Wildman–Crippen LogP) is 0.279. The Morgan fingerprint density at radius 3 is 2.50 bits per heavy atom. The van der Waals surface area contributed by atoms with Crippen LogP contribution < -0.4 is 5.32 Å². The summed E-state index contributed by atoms with van der Waals surface area (Å²) in [5.41, 5.74) is 0. The molecule has 0 aromatic carbocycles. The van der Waals surface area contributed by atoms with Crippen molar-refractivity contribution in [2.45, 2.75) is 13.0 Å². The molecule has 0 aliphatic rings. The molecule has 0 aromatic heterocycles. The minimum absolute atomic E-state index is 0.162. The van der Waals surface area contributed by atoms with Gasteiger partial charge in [-0.2, -0.15) is 0 Å². The van der Waals surface area contributed by atoms with Gasteiger partial charge < -0.3 is 10.2 Å². The van der Waals surface area contributed by atoms with E-state index in [-0.39, 0.29) is 12.1 Å². The van der Waals surface area contributed by atoms with Crippen molar-refractivity contribution in [3.8, 4) is 12.3 Å². The molecule has 0 saturated heterocycles. The standard InChI is InChI=1S/C7H12N2O/c1-5-6(2)8-7(10)9(3)4/h1,6H,2-4H3,(H,8,10). The molecule has 1 unspecified atom stereocenters. The number of hydrogen-bond acceptors (Lipinski definition) is 1. The second-order valence-electron chi connectivity index (χ2n) is 2.23. The van der Waals surface area contributed by atoms with Crippen LogP contribution in [0.25, 0.3) is 0 Å². The molecule has 1 N–H and O–H groups in total. The van der Waals surface area contributed by atoms with Crippen LogP contribution in [0.15, 0.2) is 0 Å². The van der Waals surface area contributed by atoms with Crippen LogP contribution in [0.4, 0.5) is 4.79 Å². The van der Waals surface area contributed by atoms with Crippen LogP contribution in [-0.2, 0) is 0 Å². The summed E-state index contributed by atoms with van der Waals surface area (Å²) in [6, 6.07) is -0.361. The lowest BCUT2D eigenvalue weighted by atomic mass is 10.4. The molecule has 56 valence electrons.